The van der Waals surface area contributed by atoms with Gasteiger partial charge in [-0.1, -0.05) is 11.6 Å². The van der Waals surface area contributed by atoms with E-state index in [0.717, 1.165) is 0 Å². The summed E-state index contributed by atoms with van der Waals surface area (Å²) < 4.78 is 36.0. The lowest BCUT2D eigenvalue weighted by Crippen LogP contribution is -2.18. The van der Waals surface area contributed by atoms with E-state index in [2.05, 4.69) is 10.2 Å². The molecule has 0 aromatic carbocycles. The molecule has 1 N–H and O–H groups in total. The minimum Gasteiger partial charge on any atom is -0.301 e. The molecule has 1 heterocycles. The first-order valence-electron chi connectivity index (χ1n) is 3.06. The Morgan fingerprint density at radius 1 is 1.43 bits per heavy atom. The van der Waals surface area contributed by atoms with E-state index < -0.39 is 28.4 Å². The number of nitrogens with one attached hydrogen (secondary N) is 1. The summed E-state index contributed by atoms with van der Waals surface area (Å²) in [5.74, 6) is -1.57. The summed E-state index contributed by atoms with van der Waals surface area (Å²) in [6.45, 7) is 0. The fourth-order valence-corrected chi connectivity index (χ4v) is 0.858. The minimum absolute atomic E-state index is 0.875. The highest BCUT2D eigenvalue weighted by molar-refractivity contribution is 6.31. The number of halogens is 4. The van der Waals surface area contributed by atoms with E-state index in [1.807, 2.05) is 0 Å². The number of nitrogens with zero attached hydrogens (tertiary/aromatic N) is 2. The molecule has 9 heteroatoms. The predicted octanol–water partition coefficient (Wildman–Crippen LogP) is 1.84. The summed E-state index contributed by atoms with van der Waals surface area (Å²) in [5.41, 5.74) is -2.20. The van der Waals surface area contributed by atoms with E-state index in [1.54, 1.807) is 0 Å². The van der Waals surface area contributed by atoms with Crippen molar-refractivity contribution in [1.29, 1.82) is 0 Å². The van der Waals surface area contributed by atoms with E-state index in [4.69, 9.17) is 11.6 Å². The summed E-state index contributed by atoms with van der Waals surface area (Å²) in [6, 6.07) is 0. The molecule has 1 aromatic heterocycles. The normalized spacial score (nSPS) is 11.4. The number of alkyl halides is 3. The third-order valence-electron chi connectivity index (χ3n) is 1.21. The third-order valence-corrected chi connectivity index (χ3v) is 1.48. The van der Waals surface area contributed by atoms with Crippen LogP contribution >= 0.6 is 11.6 Å². The van der Waals surface area contributed by atoms with Crippen molar-refractivity contribution in [1.82, 2.24) is 9.97 Å². The largest absolute Gasteiger partial charge is 0.449 e. The van der Waals surface area contributed by atoms with E-state index >= 15 is 0 Å². The molecule has 1 aromatic rings. The van der Waals surface area contributed by atoms with Gasteiger partial charge < -0.3 is 4.98 Å². The molecule has 1 rings (SSSR count). The predicted molar refractivity (Wildman–Crippen MR) is 40.3 cm³/mol. The zero-order valence-electron chi connectivity index (χ0n) is 6.22. The first-order chi connectivity index (χ1) is 6.36. The van der Waals surface area contributed by atoms with Crippen LogP contribution in [0.4, 0.5) is 18.9 Å². The van der Waals surface area contributed by atoms with Crippen molar-refractivity contribution in [3.8, 4) is 0 Å². The average Bonchev–Trinajstić information content (AvgIpc) is 2.01. The highest BCUT2D eigenvalue weighted by atomic mass is 35.5. The number of nitroso groups, excluding NO2 is 1. The first kappa shape index (κ1) is 10.6. The molecule has 0 fully saturated rings. The van der Waals surface area contributed by atoms with Gasteiger partial charge >= 0.3 is 6.18 Å². The van der Waals surface area contributed by atoms with Crippen LogP contribution in [0.3, 0.4) is 0 Å². The Morgan fingerprint density at radius 3 is 2.36 bits per heavy atom. The zero-order chi connectivity index (χ0) is 10.9. The molecule has 0 unspecified atom stereocenters. The number of aromatic nitrogens is 2. The van der Waals surface area contributed by atoms with E-state index in [-0.39, 0.29) is 0 Å². The maximum atomic E-state index is 12.0. The number of aromatic amines is 1. The molecule has 0 amide bonds. The standard InChI is InChI=1S/C5HClF3N3O2/c6-2-1(12-14)3(13)11-4(10-2)5(7,8)9/h(H,10,11,13). The van der Waals surface area contributed by atoms with Crippen LogP contribution in [-0.2, 0) is 6.18 Å². The van der Waals surface area contributed by atoms with Crippen LogP contribution in [0.15, 0.2) is 9.97 Å². The van der Waals surface area contributed by atoms with Crippen LogP contribution in [0.2, 0.25) is 5.15 Å². The Kier molecular flexibility index (Phi) is 2.56. The number of H-pyrrole nitrogens is 1. The molecule has 0 aliphatic rings. The van der Waals surface area contributed by atoms with Crippen LogP contribution in [0.5, 0.6) is 0 Å². The van der Waals surface area contributed by atoms with Gasteiger partial charge in [0.05, 0.1) is 0 Å². The molecular weight excluding hydrogens is 227 g/mol. The molecule has 0 atom stereocenters. The zero-order valence-corrected chi connectivity index (χ0v) is 6.98. The molecule has 0 aliphatic carbocycles. The molecular formula is C5HClF3N3O2. The fraction of sp³-hybridized carbons (Fsp3) is 0.200. The van der Waals surface area contributed by atoms with Crippen LogP contribution in [0.1, 0.15) is 5.82 Å². The fourth-order valence-electron chi connectivity index (χ4n) is 0.653. The van der Waals surface area contributed by atoms with Crippen LogP contribution < -0.4 is 5.56 Å². The van der Waals surface area contributed by atoms with Crippen LogP contribution in [0, 0.1) is 4.91 Å². The summed E-state index contributed by atoms with van der Waals surface area (Å²) in [5, 5.41) is 1.26. The van der Waals surface area contributed by atoms with Gasteiger partial charge in [-0.05, 0) is 5.18 Å². The Bertz CT molecular complexity index is 427. The summed E-state index contributed by atoms with van der Waals surface area (Å²) in [4.78, 5) is 24.8. The number of hydrogen-bond acceptors (Lipinski definition) is 4. The van der Waals surface area contributed by atoms with Gasteiger partial charge in [0.25, 0.3) is 5.56 Å². The highest BCUT2D eigenvalue weighted by Crippen LogP contribution is 2.27. The van der Waals surface area contributed by atoms with Crippen molar-refractivity contribution in [2.45, 2.75) is 6.18 Å². The van der Waals surface area contributed by atoms with Gasteiger partial charge in [0.15, 0.2) is 5.15 Å². The van der Waals surface area contributed by atoms with Gasteiger partial charge in [-0.15, -0.1) is 4.91 Å². The van der Waals surface area contributed by atoms with Crippen molar-refractivity contribution in [3.63, 3.8) is 0 Å². The molecule has 0 spiro atoms. The Balaban J connectivity index is 3.43. The molecule has 0 saturated heterocycles. The molecule has 0 bridgehead atoms. The third kappa shape index (κ3) is 1.90. The van der Waals surface area contributed by atoms with Gasteiger partial charge in [0, 0.05) is 0 Å². The first-order valence-corrected chi connectivity index (χ1v) is 3.44. The van der Waals surface area contributed by atoms with E-state index in [9.17, 15) is 22.9 Å². The SMILES string of the molecule is O=Nc1c(Cl)nc(C(F)(F)F)[nH]c1=O. The van der Waals surface area contributed by atoms with Crippen molar-refractivity contribution in [2.24, 2.45) is 5.18 Å². The molecule has 76 valence electrons. The molecule has 14 heavy (non-hydrogen) atoms. The van der Waals surface area contributed by atoms with Gasteiger partial charge in [-0.25, -0.2) is 4.98 Å². The lowest BCUT2D eigenvalue weighted by molar-refractivity contribution is -0.145. The molecule has 0 aliphatic heterocycles. The monoisotopic (exact) mass is 227 g/mol. The van der Waals surface area contributed by atoms with Gasteiger partial charge in [0.1, 0.15) is 0 Å². The summed E-state index contributed by atoms with van der Waals surface area (Å²) >= 11 is 5.12. The topological polar surface area (TPSA) is 75.2 Å². The Labute approximate surface area is 78.9 Å². The van der Waals surface area contributed by atoms with Crippen molar-refractivity contribution >= 4 is 17.3 Å². The van der Waals surface area contributed by atoms with Gasteiger partial charge in [-0.2, -0.15) is 13.2 Å². The number of rotatable bonds is 1. The lowest BCUT2D eigenvalue weighted by Gasteiger charge is -2.04. The van der Waals surface area contributed by atoms with Crippen LogP contribution in [0.25, 0.3) is 0 Å². The minimum atomic E-state index is -4.83. The second kappa shape index (κ2) is 3.37. The summed E-state index contributed by atoms with van der Waals surface area (Å²) in [7, 11) is 0. The maximum Gasteiger partial charge on any atom is 0.449 e. The number of hydrogen-bond donors (Lipinski definition) is 1. The second-order valence-electron chi connectivity index (χ2n) is 2.14. The lowest BCUT2D eigenvalue weighted by atomic mass is 10.5. The van der Waals surface area contributed by atoms with Gasteiger partial charge in [0.2, 0.25) is 11.5 Å². The molecule has 0 saturated carbocycles. The highest BCUT2D eigenvalue weighted by Gasteiger charge is 2.35. The Morgan fingerprint density at radius 2 is 2.00 bits per heavy atom. The van der Waals surface area contributed by atoms with Gasteiger partial charge in [-0.3, -0.25) is 4.79 Å². The summed E-state index contributed by atoms with van der Waals surface area (Å²) in [6.07, 6.45) is -4.83. The van der Waals surface area contributed by atoms with Crippen LogP contribution in [-0.4, -0.2) is 9.97 Å². The quantitative estimate of drug-likeness (QED) is 0.587. The van der Waals surface area contributed by atoms with Crippen molar-refractivity contribution in [2.75, 3.05) is 0 Å². The maximum absolute atomic E-state index is 12.0. The molecule has 5 nitrogen and oxygen atoms in total. The smallest absolute Gasteiger partial charge is 0.301 e. The molecule has 0 radical (unpaired) electrons. The van der Waals surface area contributed by atoms with E-state index in [1.165, 1.54) is 4.98 Å². The Hall–Kier alpha value is -1.44. The average molecular weight is 228 g/mol. The van der Waals surface area contributed by atoms with Crippen molar-refractivity contribution in [3.05, 3.63) is 26.2 Å². The second-order valence-corrected chi connectivity index (χ2v) is 2.50. The van der Waals surface area contributed by atoms with E-state index in [0.29, 0.717) is 0 Å². The van der Waals surface area contributed by atoms with Crippen molar-refractivity contribution < 1.29 is 13.2 Å².